The molecule has 1 saturated heterocycles. The number of aromatic amines is 1. The third-order valence-electron chi connectivity index (χ3n) is 2.91. The average molecular weight is 396 g/mol. The van der Waals surface area contributed by atoms with Crippen LogP contribution in [0.15, 0.2) is 15.8 Å². The van der Waals surface area contributed by atoms with Crippen molar-refractivity contribution in [3.8, 4) is 0 Å². The van der Waals surface area contributed by atoms with Crippen LogP contribution in [0.25, 0.3) is 0 Å². The number of aromatic nitrogens is 2. The highest BCUT2D eigenvalue weighted by Gasteiger charge is 2.38. The number of aliphatic hydroxyl groups is 1. The van der Waals surface area contributed by atoms with Gasteiger partial charge in [-0.2, -0.15) is 0 Å². The summed E-state index contributed by atoms with van der Waals surface area (Å²) in [6.45, 7) is 0.931. The number of hydrogen-bond donors (Lipinski definition) is 2. The minimum Gasteiger partial charge on any atom is -0.460 e. The van der Waals surface area contributed by atoms with Gasteiger partial charge in [0.15, 0.2) is 0 Å². The highest BCUT2D eigenvalue weighted by molar-refractivity contribution is 14.1. The van der Waals surface area contributed by atoms with E-state index >= 15 is 0 Å². The molecule has 1 aromatic heterocycles. The van der Waals surface area contributed by atoms with Crippen molar-refractivity contribution in [2.24, 2.45) is 0 Å². The monoisotopic (exact) mass is 396 g/mol. The second-order valence-electron chi connectivity index (χ2n) is 4.34. The number of halogens is 1. The molecular weight excluding hydrogens is 383 g/mol. The number of nitrogens with one attached hydrogen (secondary N) is 1. The molecule has 3 atom stereocenters. The van der Waals surface area contributed by atoms with E-state index in [0.29, 0.717) is 3.57 Å². The van der Waals surface area contributed by atoms with Crippen molar-refractivity contribution in [3.05, 3.63) is 30.6 Å². The molecule has 2 N–H and O–H groups in total. The highest BCUT2D eigenvalue weighted by Crippen LogP contribution is 2.29. The number of hydrogen-bond acceptors (Lipinski definition) is 6. The number of rotatable bonds is 3. The number of esters is 1. The van der Waals surface area contributed by atoms with E-state index in [-0.39, 0.29) is 13.0 Å². The number of nitrogens with zero attached hydrogens (tertiary/aromatic N) is 1. The van der Waals surface area contributed by atoms with Gasteiger partial charge in [0, 0.05) is 19.5 Å². The van der Waals surface area contributed by atoms with Crippen molar-refractivity contribution in [1.29, 1.82) is 0 Å². The topological polar surface area (TPSA) is 111 Å². The molecule has 9 heteroatoms. The van der Waals surface area contributed by atoms with Gasteiger partial charge in [0.2, 0.25) is 0 Å². The van der Waals surface area contributed by atoms with Crippen molar-refractivity contribution in [2.45, 2.75) is 31.8 Å². The molecule has 1 unspecified atom stereocenters. The molecule has 1 fully saturated rings. The summed E-state index contributed by atoms with van der Waals surface area (Å²) in [5.74, 6) is -0.485. The summed E-state index contributed by atoms with van der Waals surface area (Å²) < 4.78 is 12.1. The van der Waals surface area contributed by atoms with Crippen LogP contribution in [0.4, 0.5) is 0 Å². The maximum absolute atomic E-state index is 11.8. The number of carbonyl (C=O) groups excluding carboxylic acids is 1. The number of H-pyrrole nitrogens is 1. The minimum absolute atomic E-state index is 0.229. The summed E-state index contributed by atoms with van der Waals surface area (Å²) in [5, 5.41) is 9.22. The first-order chi connectivity index (χ1) is 9.42. The largest absolute Gasteiger partial charge is 0.460 e. The third-order valence-corrected chi connectivity index (χ3v) is 3.68. The van der Waals surface area contributed by atoms with Gasteiger partial charge in [0.25, 0.3) is 5.56 Å². The van der Waals surface area contributed by atoms with Crippen LogP contribution >= 0.6 is 22.6 Å². The van der Waals surface area contributed by atoms with E-state index in [0.717, 1.165) is 0 Å². The maximum atomic E-state index is 11.8. The van der Waals surface area contributed by atoms with Gasteiger partial charge in [-0.3, -0.25) is 19.1 Å². The number of aliphatic hydroxyl groups excluding tert-OH is 1. The molecule has 8 nitrogen and oxygen atoms in total. The first-order valence-electron chi connectivity index (χ1n) is 5.87. The van der Waals surface area contributed by atoms with E-state index < -0.39 is 35.7 Å². The van der Waals surface area contributed by atoms with Crippen LogP contribution in [0, 0.1) is 3.57 Å². The van der Waals surface area contributed by atoms with E-state index in [1.807, 2.05) is 0 Å². The van der Waals surface area contributed by atoms with E-state index in [9.17, 15) is 19.5 Å². The van der Waals surface area contributed by atoms with Gasteiger partial charge >= 0.3 is 11.7 Å². The first-order valence-corrected chi connectivity index (χ1v) is 6.94. The molecule has 110 valence electrons. The molecule has 1 aliphatic heterocycles. The van der Waals surface area contributed by atoms with Gasteiger partial charge in [-0.1, -0.05) is 0 Å². The van der Waals surface area contributed by atoms with Crippen molar-refractivity contribution in [1.82, 2.24) is 9.55 Å². The van der Waals surface area contributed by atoms with Crippen LogP contribution in [0.2, 0.25) is 0 Å². The molecule has 0 spiro atoms. The van der Waals surface area contributed by atoms with Crippen LogP contribution < -0.4 is 11.2 Å². The predicted molar refractivity (Wildman–Crippen MR) is 75.2 cm³/mol. The molecule has 0 aliphatic carbocycles. The second-order valence-corrected chi connectivity index (χ2v) is 5.50. The summed E-state index contributed by atoms with van der Waals surface area (Å²) in [4.78, 5) is 36.2. The molecule has 1 aliphatic rings. The molecule has 20 heavy (non-hydrogen) atoms. The zero-order valence-corrected chi connectivity index (χ0v) is 12.7. The molecule has 0 saturated carbocycles. The van der Waals surface area contributed by atoms with Crippen molar-refractivity contribution >= 4 is 28.6 Å². The van der Waals surface area contributed by atoms with Crippen LogP contribution in [0.3, 0.4) is 0 Å². The Labute approximate surface area is 126 Å². The Morgan fingerprint density at radius 2 is 2.35 bits per heavy atom. The maximum Gasteiger partial charge on any atom is 0.330 e. The fraction of sp³-hybridized carbons (Fsp3) is 0.545. The minimum atomic E-state index is -0.700. The van der Waals surface area contributed by atoms with Gasteiger partial charge in [0.05, 0.1) is 10.2 Å². The van der Waals surface area contributed by atoms with E-state index in [4.69, 9.17) is 9.47 Å². The molecule has 2 rings (SSSR count). The SMILES string of the molecule is CC(=O)OC1C[C@@H](n2cc(I)c(=O)[nH]c2=O)O[C@H]1CO. The Balaban J connectivity index is 2.27. The molecule has 1 aromatic rings. The number of carbonyl (C=O) groups is 1. The Hall–Kier alpha value is -1.20. The quantitative estimate of drug-likeness (QED) is 0.519. The smallest absolute Gasteiger partial charge is 0.330 e. The molecule has 2 heterocycles. The standard InChI is InChI=1S/C11H13IN2O6/c1-5(16)19-7-2-9(20-8(7)4-15)14-3-6(12)10(17)13-11(14)18/h3,7-9,15H,2,4H2,1H3,(H,13,17,18)/t7?,8-,9-/m0/s1. The van der Waals surface area contributed by atoms with E-state index in [1.54, 1.807) is 22.6 Å². The van der Waals surface area contributed by atoms with Gasteiger partial charge < -0.3 is 14.6 Å². The lowest BCUT2D eigenvalue weighted by molar-refractivity contribution is -0.150. The molecule has 0 amide bonds. The lowest BCUT2D eigenvalue weighted by Gasteiger charge is -2.15. The van der Waals surface area contributed by atoms with Gasteiger partial charge in [0.1, 0.15) is 18.4 Å². The Kier molecular flexibility index (Phi) is 4.60. The second kappa shape index (κ2) is 6.06. The summed E-state index contributed by atoms with van der Waals surface area (Å²) in [7, 11) is 0. The van der Waals surface area contributed by atoms with Crippen LogP contribution in [0.1, 0.15) is 19.6 Å². The molecule has 0 bridgehead atoms. The lowest BCUT2D eigenvalue weighted by Crippen LogP contribution is -2.33. The van der Waals surface area contributed by atoms with E-state index in [1.165, 1.54) is 17.7 Å². The predicted octanol–water partition coefficient (Wildman–Crippen LogP) is -0.647. The number of ether oxygens (including phenoxy) is 2. The van der Waals surface area contributed by atoms with Gasteiger partial charge in [-0.15, -0.1) is 0 Å². The Morgan fingerprint density at radius 1 is 1.65 bits per heavy atom. The summed E-state index contributed by atoms with van der Waals surface area (Å²) in [6.07, 6.45) is -0.419. The highest BCUT2D eigenvalue weighted by atomic mass is 127. The van der Waals surface area contributed by atoms with Gasteiger partial charge in [-0.25, -0.2) is 4.79 Å². The third kappa shape index (κ3) is 3.10. The van der Waals surface area contributed by atoms with Gasteiger partial charge in [-0.05, 0) is 22.6 Å². The Bertz CT molecular complexity index is 624. The fourth-order valence-corrected chi connectivity index (χ4v) is 2.48. The normalized spacial score (nSPS) is 25.6. The van der Waals surface area contributed by atoms with Crippen LogP contribution in [-0.2, 0) is 14.3 Å². The summed E-state index contributed by atoms with van der Waals surface area (Å²) >= 11 is 1.80. The summed E-state index contributed by atoms with van der Waals surface area (Å²) in [6, 6.07) is 0. The summed E-state index contributed by atoms with van der Waals surface area (Å²) in [5.41, 5.74) is -1.08. The van der Waals surface area contributed by atoms with E-state index in [2.05, 4.69) is 4.98 Å². The fourth-order valence-electron chi connectivity index (χ4n) is 2.05. The molecule has 0 aromatic carbocycles. The van der Waals surface area contributed by atoms with Crippen LogP contribution in [0.5, 0.6) is 0 Å². The lowest BCUT2D eigenvalue weighted by atomic mass is 10.2. The zero-order valence-electron chi connectivity index (χ0n) is 10.5. The van der Waals surface area contributed by atoms with Crippen molar-refractivity contribution in [3.63, 3.8) is 0 Å². The first kappa shape index (κ1) is 15.2. The van der Waals surface area contributed by atoms with Crippen LogP contribution in [-0.4, -0.2) is 39.4 Å². The van der Waals surface area contributed by atoms with Crippen molar-refractivity contribution in [2.75, 3.05) is 6.61 Å². The zero-order chi connectivity index (χ0) is 14.9. The molecular formula is C11H13IN2O6. The average Bonchev–Trinajstić information content (AvgIpc) is 2.75. The Morgan fingerprint density at radius 3 is 2.95 bits per heavy atom. The van der Waals surface area contributed by atoms with Crippen molar-refractivity contribution < 1.29 is 19.4 Å². The molecule has 0 radical (unpaired) electrons.